The topological polar surface area (TPSA) is 49.3 Å². The summed E-state index contributed by atoms with van der Waals surface area (Å²) in [6, 6.07) is 6.42. The van der Waals surface area contributed by atoms with Crippen LogP contribution in [0.25, 0.3) is 0 Å². The molecule has 1 aromatic rings. The third-order valence-corrected chi connectivity index (χ3v) is 4.99. The molecule has 5 heteroatoms. The van der Waals surface area contributed by atoms with Crippen LogP contribution in [0.5, 0.6) is 0 Å². The Hall–Kier alpha value is -1.07. The molecule has 1 aromatic carbocycles. The molecule has 0 saturated heterocycles. The van der Waals surface area contributed by atoms with Gasteiger partial charge in [0, 0.05) is 29.2 Å². The van der Waals surface area contributed by atoms with Gasteiger partial charge in [0.1, 0.15) is 5.82 Å². The molecule has 3 nitrogen and oxygen atoms in total. The number of aliphatic hydroxyl groups is 1. The van der Waals surface area contributed by atoms with Crippen LogP contribution >= 0.6 is 11.8 Å². The Morgan fingerprint density at radius 2 is 2.10 bits per heavy atom. The van der Waals surface area contributed by atoms with Gasteiger partial charge in [-0.25, -0.2) is 4.39 Å². The summed E-state index contributed by atoms with van der Waals surface area (Å²) >= 11 is 1.55. The molecule has 21 heavy (non-hydrogen) atoms. The van der Waals surface area contributed by atoms with Crippen molar-refractivity contribution in [3.05, 3.63) is 30.1 Å². The van der Waals surface area contributed by atoms with Gasteiger partial charge in [0.05, 0.1) is 0 Å². The highest BCUT2D eigenvalue weighted by atomic mass is 32.2. The van der Waals surface area contributed by atoms with Gasteiger partial charge in [0.15, 0.2) is 0 Å². The van der Waals surface area contributed by atoms with Gasteiger partial charge in [-0.15, -0.1) is 11.8 Å². The number of nitrogens with one attached hydrogen (secondary N) is 1. The van der Waals surface area contributed by atoms with Crippen molar-refractivity contribution in [2.45, 2.75) is 37.1 Å². The molecule has 0 aliphatic heterocycles. The standard InChI is InChI=1S/C16H22FNO2S/c1-11(10-21-14-6-4-13(17)5-7-14)16(20)18-15(8-9-19)12-2-3-12/h4-7,11-12,15,19H,2-3,8-10H2,1H3,(H,18,20). The second-order valence-electron chi connectivity index (χ2n) is 5.63. The molecule has 0 aromatic heterocycles. The highest BCUT2D eigenvalue weighted by Gasteiger charge is 2.32. The molecule has 1 aliphatic rings. The molecular weight excluding hydrogens is 289 g/mol. The summed E-state index contributed by atoms with van der Waals surface area (Å²) < 4.78 is 12.8. The predicted octanol–water partition coefficient (Wildman–Crippen LogP) is 2.83. The van der Waals surface area contributed by atoms with Crippen LogP contribution < -0.4 is 5.32 Å². The fourth-order valence-electron chi connectivity index (χ4n) is 2.22. The zero-order valence-corrected chi connectivity index (χ0v) is 13.0. The lowest BCUT2D eigenvalue weighted by molar-refractivity contribution is -0.124. The van der Waals surface area contributed by atoms with Crippen molar-refractivity contribution in [2.24, 2.45) is 11.8 Å². The number of hydrogen-bond acceptors (Lipinski definition) is 3. The monoisotopic (exact) mass is 311 g/mol. The van der Waals surface area contributed by atoms with Gasteiger partial charge in [-0.1, -0.05) is 6.92 Å². The van der Waals surface area contributed by atoms with Crippen molar-refractivity contribution < 1.29 is 14.3 Å². The van der Waals surface area contributed by atoms with Gasteiger partial charge in [0.2, 0.25) is 5.91 Å². The highest BCUT2D eigenvalue weighted by Crippen LogP contribution is 2.34. The number of aliphatic hydroxyl groups excluding tert-OH is 1. The minimum atomic E-state index is -0.249. The highest BCUT2D eigenvalue weighted by molar-refractivity contribution is 7.99. The Kier molecular flexibility index (Phi) is 6.06. The summed E-state index contributed by atoms with van der Waals surface area (Å²) in [5.74, 6) is 0.878. The molecule has 1 saturated carbocycles. The number of hydrogen-bond donors (Lipinski definition) is 2. The van der Waals surface area contributed by atoms with Crippen molar-refractivity contribution in [3.8, 4) is 0 Å². The smallest absolute Gasteiger partial charge is 0.223 e. The predicted molar refractivity (Wildman–Crippen MR) is 82.6 cm³/mol. The largest absolute Gasteiger partial charge is 0.396 e. The lowest BCUT2D eigenvalue weighted by Crippen LogP contribution is -2.40. The van der Waals surface area contributed by atoms with Crippen molar-refractivity contribution in [1.29, 1.82) is 0 Å². The van der Waals surface area contributed by atoms with Crippen molar-refractivity contribution in [2.75, 3.05) is 12.4 Å². The maximum Gasteiger partial charge on any atom is 0.223 e. The van der Waals surface area contributed by atoms with E-state index in [1.54, 1.807) is 23.9 Å². The minimum absolute atomic E-state index is 0.0370. The Bertz CT molecular complexity index is 462. The number of rotatable bonds is 8. The van der Waals surface area contributed by atoms with E-state index in [0.717, 1.165) is 17.7 Å². The van der Waals surface area contributed by atoms with Crippen molar-refractivity contribution in [3.63, 3.8) is 0 Å². The van der Waals surface area contributed by atoms with E-state index in [9.17, 15) is 9.18 Å². The number of carbonyl (C=O) groups excluding carboxylic acids is 1. The molecule has 2 rings (SSSR count). The average molecular weight is 311 g/mol. The van der Waals surface area contributed by atoms with Crippen LogP contribution in [0, 0.1) is 17.7 Å². The van der Waals surface area contributed by atoms with E-state index in [1.165, 1.54) is 12.1 Å². The van der Waals surface area contributed by atoms with Gasteiger partial charge >= 0.3 is 0 Å². The summed E-state index contributed by atoms with van der Waals surface area (Å²) in [5, 5.41) is 12.1. The van der Waals surface area contributed by atoms with Crippen LogP contribution in [0.4, 0.5) is 4.39 Å². The van der Waals surface area contributed by atoms with E-state index < -0.39 is 0 Å². The molecule has 2 N–H and O–H groups in total. The van der Waals surface area contributed by atoms with Crippen LogP contribution in [-0.4, -0.2) is 29.4 Å². The molecule has 1 aliphatic carbocycles. The van der Waals surface area contributed by atoms with Gasteiger partial charge in [-0.2, -0.15) is 0 Å². The van der Waals surface area contributed by atoms with Gasteiger partial charge < -0.3 is 10.4 Å². The number of amides is 1. The maximum absolute atomic E-state index is 12.8. The molecule has 0 spiro atoms. The molecule has 116 valence electrons. The van der Waals surface area contributed by atoms with E-state index in [-0.39, 0.29) is 30.3 Å². The van der Waals surface area contributed by atoms with E-state index in [1.807, 2.05) is 6.92 Å². The van der Waals surface area contributed by atoms with Gasteiger partial charge in [-0.3, -0.25) is 4.79 Å². The fourth-order valence-corrected chi connectivity index (χ4v) is 3.14. The number of benzene rings is 1. The fraction of sp³-hybridized carbons (Fsp3) is 0.562. The quantitative estimate of drug-likeness (QED) is 0.726. The van der Waals surface area contributed by atoms with Crippen LogP contribution in [0.2, 0.25) is 0 Å². The zero-order chi connectivity index (χ0) is 15.2. The Morgan fingerprint density at radius 3 is 2.67 bits per heavy atom. The van der Waals surface area contributed by atoms with Crippen molar-refractivity contribution in [1.82, 2.24) is 5.32 Å². The number of carbonyl (C=O) groups is 1. The van der Waals surface area contributed by atoms with Gasteiger partial charge in [-0.05, 0) is 49.4 Å². The van der Waals surface area contributed by atoms with Gasteiger partial charge in [0.25, 0.3) is 0 Å². The molecule has 1 amide bonds. The maximum atomic E-state index is 12.8. The summed E-state index contributed by atoms with van der Waals surface area (Å²) in [5.41, 5.74) is 0. The van der Waals surface area contributed by atoms with Crippen LogP contribution in [0.15, 0.2) is 29.2 Å². The molecule has 0 bridgehead atoms. The summed E-state index contributed by atoms with van der Waals surface area (Å²) in [6.07, 6.45) is 2.92. The lowest BCUT2D eigenvalue weighted by atomic mass is 10.1. The third-order valence-electron chi connectivity index (χ3n) is 3.72. The normalized spacial score (nSPS) is 17.3. The number of halogens is 1. The second-order valence-corrected chi connectivity index (χ2v) is 6.72. The molecular formula is C16H22FNO2S. The molecule has 1 fully saturated rings. The summed E-state index contributed by atoms with van der Waals surface area (Å²) in [6.45, 7) is 2.01. The first-order valence-corrected chi connectivity index (χ1v) is 8.38. The summed E-state index contributed by atoms with van der Waals surface area (Å²) in [7, 11) is 0. The van der Waals surface area contributed by atoms with E-state index in [2.05, 4.69) is 5.32 Å². The number of thioether (sulfide) groups is 1. The van der Waals surface area contributed by atoms with E-state index in [4.69, 9.17) is 5.11 Å². The SMILES string of the molecule is CC(CSc1ccc(F)cc1)C(=O)NC(CCO)C1CC1. The first-order valence-electron chi connectivity index (χ1n) is 7.39. The molecule has 2 atom stereocenters. The average Bonchev–Trinajstić information content (AvgIpc) is 3.30. The second kappa shape index (κ2) is 7.80. The molecule has 2 unspecified atom stereocenters. The van der Waals surface area contributed by atoms with E-state index >= 15 is 0 Å². The Labute approximate surface area is 129 Å². The Balaban J connectivity index is 1.77. The van der Waals surface area contributed by atoms with Crippen LogP contribution in [0.3, 0.4) is 0 Å². The zero-order valence-electron chi connectivity index (χ0n) is 12.2. The van der Waals surface area contributed by atoms with Crippen LogP contribution in [-0.2, 0) is 4.79 Å². The first-order chi connectivity index (χ1) is 10.1. The van der Waals surface area contributed by atoms with Crippen molar-refractivity contribution >= 4 is 17.7 Å². The van der Waals surface area contributed by atoms with E-state index in [0.29, 0.717) is 18.1 Å². The molecule has 0 heterocycles. The first kappa shape index (κ1) is 16.3. The third kappa shape index (κ3) is 5.32. The Morgan fingerprint density at radius 1 is 1.43 bits per heavy atom. The summed E-state index contributed by atoms with van der Waals surface area (Å²) in [4.78, 5) is 13.1. The minimum Gasteiger partial charge on any atom is -0.396 e. The molecule has 0 radical (unpaired) electrons. The van der Waals surface area contributed by atoms with Crippen LogP contribution in [0.1, 0.15) is 26.2 Å². The lowest BCUT2D eigenvalue weighted by Gasteiger charge is -2.20.